The smallest absolute Gasteiger partial charge is 0.305 e. The number of ketones is 1. The summed E-state index contributed by atoms with van der Waals surface area (Å²) in [5.41, 5.74) is 0.563. The zero-order valence-electron chi connectivity index (χ0n) is 12.7. The van der Waals surface area contributed by atoms with Gasteiger partial charge in [0, 0.05) is 18.4 Å². The van der Waals surface area contributed by atoms with Gasteiger partial charge in [-0.25, -0.2) is 0 Å². The quantitative estimate of drug-likeness (QED) is 0.385. The Hall–Kier alpha value is -1.89. The van der Waals surface area contributed by atoms with Gasteiger partial charge in [0.2, 0.25) is 5.78 Å². The molecule has 4 nitrogen and oxygen atoms in total. The molecule has 0 N–H and O–H groups in total. The zero-order valence-corrected chi connectivity index (χ0v) is 14.9. The fraction of sp³-hybridized carbons (Fsp3) is 0.222. The third-order valence-corrected chi connectivity index (χ3v) is 4.19. The van der Waals surface area contributed by atoms with Crippen LogP contribution in [0.15, 0.2) is 54.6 Å². The van der Waals surface area contributed by atoms with Crippen molar-refractivity contribution in [3.8, 4) is 5.75 Å². The Kier molecular flexibility index (Phi) is 6.58. The Morgan fingerprint density at radius 1 is 1.04 bits per heavy atom. The maximum absolute atomic E-state index is 12.7. The number of halogens is 1. The lowest BCUT2D eigenvalue weighted by Gasteiger charge is -2.18. The Morgan fingerprint density at radius 2 is 1.70 bits per heavy atom. The molecule has 1 atom stereocenters. The summed E-state index contributed by atoms with van der Waals surface area (Å²) in [7, 11) is 1.33. The first kappa shape index (κ1) is 17.5. The second-order valence-electron chi connectivity index (χ2n) is 4.88. The van der Waals surface area contributed by atoms with Crippen LogP contribution in [0, 0.1) is 3.57 Å². The lowest BCUT2D eigenvalue weighted by Crippen LogP contribution is -2.28. The van der Waals surface area contributed by atoms with Gasteiger partial charge in [-0.2, -0.15) is 0 Å². The molecule has 2 aromatic carbocycles. The molecule has 0 radical (unpaired) electrons. The van der Waals surface area contributed by atoms with Crippen LogP contribution < -0.4 is 4.74 Å². The van der Waals surface area contributed by atoms with Gasteiger partial charge in [-0.1, -0.05) is 42.5 Å². The minimum atomic E-state index is -0.729. The van der Waals surface area contributed by atoms with Crippen LogP contribution in [-0.4, -0.2) is 25.0 Å². The molecule has 0 aromatic heterocycles. The number of rotatable bonds is 7. The van der Waals surface area contributed by atoms with E-state index in [1.807, 2.05) is 30.3 Å². The highest BCUT2D eigenvalue weighted by molar-refractivity contribution is 14.1. The molecule has 1 unspecified atom stereocenters. The van der Waals surface area contributed by atoms with E-state index in [9.17, 15) is 9.59 Å². The molecule has 0 fully saturated rings. The van der Waals surface area contributed by atoms with Crippen molar-refractivity contribution in [3.05, 3.63) is 63.7 Å². The predicted octanol–water partition coefficient (Wildman–Crippen LogP) is 3.87. The van der Waals surface area contributed by atoms with Gasteiger partial charge in [0.1, 0.15) is 5.75 Å². The number of ether oxygens (including phenoxy) is 2. The van der Waals surface area contributed by atoms with Crippen LogP contribution in [0.1, 0.15) is 23.2 Å². The van der Waals surface area contributed by atoms with Crippen LogP contribution in [0.2, 0.25) is 0 Å². The van der Waals surface area contributed by atoms with Crippen molar-refractivity contribution in [1.29, 1.82) is 0 Å². The van der Waals surface area contributed by atoms with Crippen molar-refractivity contribution in [2.24, 2.45) is 0 Å². The maximum atomic E-state index is 12.7. The number of hydrogen-bond donors (Lipinski definition) is 0. The summed E-state index contributed by atoms with van der Waals surface area (Å²) in [4.78, 5) is 24.1. The van der Waals surface area contributed by atoms with Crippen molar-refractivity contribution < 1.29 is 19.1 Å². The van der Waals surface area contributed by atoms with E-state index in [1.54, 1.807) is 24.3 Å². The lowest BCUT2D eigenvalue weighted by molar-refractivity contribution is -0.141. The van der Waals surface area contributed by atoms with Gasteiger partial charge in [-0.05, 0) is 34.7 Å². The van der Waals surface area contributed by atoms with Crippen molar-refractivity contribution in [1.82, 2.24) is 0 Å². The average molecular weight is 424 g/mol. The molecule has 0 amide bonds. The fourth-order valence-corrected chi connectivity index (χ4v) is 2.59. The topological polar surface area (TPSA) is 52.6 Å². The first-order chi connectivity index (χ1) is 11.1. The average Bonchev–Trinajstić information content (AvgIpc) is 2.60. The molecule has 0 saturated carbocycles. The molecule has 0 aliphatic carbocycles. The third-order valence-electron chi connectivity index (χ3n) is 3.29. The van der Waals surface area contributed by atoms with E-state index in [-0.39, 0.29) is 24.6 Å². The molecular weight excluding hydrogens is 407 g/mol. The van der Waals surface area contributed by atoms with Crippen LogP contribution in [0.5, 0.6) is 5.75 Å². The number of carbonyl (C=O) groups excluding carboxylic acids is 2. The van der Waals surface area contributed by atoms with Crippen LogP contribution in [0.25, 0.3) is 0 Å². The number of carbonyl (C=O) groups is 2. The predicted molar refractivity (Wildman–Crippen MR) is 95.6 cm³/mol. The first-order valence-corrected chi connectivity index (χ1v) is 8.27. The molecule has 0 aliphatic rings. The van der Waals surface area contributed by atoms with Gasteiger partial charge in [0.05, 0.1) is 10.7 Å². The molecule has 0 saturated heterocycles. The monoisotopic (exact) mass is 424 g/mol. The number of esters is 1. The summed E-state index contributed by atoms with van der Waals surface area (Å²) in [6.45, 7) is 0. The zero-order chi connectivity index (χ0) is 16.7. The van der Waals surface area contributed by atoms with Crippen molar-refractivity contribution in [2.45, 2.75) is 18.9 Å². The van der Waals surface area contributed by atoms with Crippen molar-refractivity contribution in [3.63, 3.8) is 0 Å². The molecule has 2 rings (SSSR count). The highest BCUT2D eigenvalue weighted by Crippen LogP contribution is 2.23. The molecule has 2 aromatic rings. The van der Waals surface area contributed by atoms with Crippen LogP contribution in [0.3, 0.4) is 0 Å². The van der Waals surface area contributed by atoms with Gasteiger partial charge in [-0.15, -0.1) is 0 Å². The maximum Gasteiger partial charge on any atom is 0.305 e. The summed E-state index contributed by atoms with van der Waals surface area (Å²) < 4.78 is 11.5. The van der Waals surface area contributed by atoms with E-state index in [4.69, 9.17) is 4.74 Å². The van der Waals surface area contributed by atoms with E-state index in [0.29, 0.717) is 11.3 Å². The molecule has 0 aliphatic heterocycles. The largest absolute Gasteiger partial charge is 0.481 e. The normalized spacial score (nSPS) is 11.6. The van der Waals surface area contributed by atoms with Crippen LogP contribution in [0.4, 0.5) is 0 Å². The SMILES string of the molecule is COC(=O)CCC(Oc1ccccc1I)C(=O)c1ccccc1. The summed E-state index contributed by atoms with van der Waals surface area (Å²) in [5.74, 6) is 0.128. The minimum absolute atomic E-state index is 0.128. The number of hydrogen-bond acceptors (Lipinski definition) is 4. The number of methoxy groups -OCH3 is 1. The Labute approximate surface area is 148 Å². The lowest BCUT2D eigenvalue weighted by atomic mass is 10.0. The Bertz CT molecular complexity index is 670. The van der Waals surface area contributed by atoms with E-state index in [2.05, 4.69) is 27.3 Å². The molecule has 120 valence electrons. The van der Waals surface area contributed by atoms with E-state index in [1.165, 1.54) is 7.11 Å². The first-order valence-electron chi connectivity index (χ1n) is 7.19. The van der Waals surface area contributed by atoms with E-state index < -0.39 is 6.10 Å². The van der Waals surface area contributed by atoms with Crippen LogP contribution in [-0.2, 0) is 9.53 Å². The summed E-state index contributed by atoms with van der Waals surface area (Å²) >= 11 is 2.15. The summed E-state index contributed by atoms with van der Waals surface area (Å²) in [6, 6.07) is 16.4. The highest BCUT2D eigenvalue weighted by Gasteiger charge is 2.23. The Balaban J connectivity index is 2.19. The van der Waals surface area contributed by atoms with E-state index in [0.717, 1.165) is 3.57 Å². The number of benzene rings is 2. The minimum Gasteiger partial charge on any atom is -0.481 e. The van der Waals surface area contributed by atoms with Crippen molar-refractivity contribution >= 4 is 34.3 Å². The highest BCUT2D eigenvalue weighted by atomic mass is 127. The number of Topliss-reactive ketones (excluding diaryl/α,β-unsaturated/α-hetero) is 1. The van der Waals surface area contributed by atoms with Crippen molar-refractivity contribution in [2.75, 3.05) is 7.11 Å². The third kappa shape index (κ3) is 5.06. The van der Waals surface area contributed by atoms with Gasteiger partial charge < -0.3 is 9.47 Å². The molecule has 5 heteroatoms. The molecular formula is C18H17IO4. The summed E-state index contributed by atoms with van der Waals surface area (Å²) in [5, 5.41) is 0. The fourth-order valence-electron chi connectivity index (χ4n) is 2.08. The van der Waals surface area contributed by atoms with Crippen LogP contribution >= 0.6 is 22.6 Å². The second-order valence-corrected chi connectivity index (χ2v) is 6.04. The molecule has 23 heavy (non-hydrogen) atoms. The number of para-hydroxylation sites is 1. The molecule has 0 heterocycles. The molecule has 0 bridgehead atoms. The van der Waals surface area contributed by atoms with Gasteiger partial charge >= 0.3 is 5.97 Å². The van der Waals surface area contributed by atoms with E-state index >= 15 is 0 Å². The summed E-state index contributed by atoms with van der Waals surface area (Å²) in [6.07, 6.45) is -0.332. The van der Waals surface area contributed by atoms with Gasteiger partial charge in [0.25, 0.3) is 0 Å². The standard InChI is InChI=1S/C18H17IO4/c1-22-17(20)12-11-16(18(21)13-7-3-2-4-8-13)23-15-10-6-5-9-14(15)19/h2-10,16H,11-12H2,1H3. The second kappa shape index (κ2) is 8.67. The Morgan fingerprint density at radius 3 is 2.35 bits per heavy atom. The van der Waals surface area contributed by atoms with Gasteiger partial charge in [0.15, 0.2) is 6.10 Å². The van der Waals surface area contributed by atoms with Gasteiger partial charge in [-0.3, -0.25) is 9.59 Å². The molecule has 0 spiro atoms.